The van der Waals surface area contributed by atoms with E-state index in [0.29, 0.717) is 16.8 Å². The Kier molecular flexibility index (Phi) is 8.22. The molecule has 232 valence electrons. The van der Waals surface area contributed by atoms with Gasteiger partial charge in [-0.05, 0) is 43.2 Å². The number of ether oxygens (including phenoxy) is 3. The summed E-state index contributed by atoms with van der Waals surface area (Å²) >= 11 is 0. The second-order valence-corrected chi connectivity index (χ2v) is 12.2. The first-order valence-corrected chi connectivity index (χ1v) is 14.8. The van der Waals surface area contributed by atoms with E-state index in [2.05, 4.69) is 19.9 Å². The highest BCUT2D eigenvalue weighted by molar-refractivity contribution is 7.52. The Bertz CT molecular complexity index is 1570. The summed E-state index contributed by atoms with van der Waals surface area (Å²) in [7, 11) is -1.92. The van der Waals surface area contributed by atoms with Crippen LogP contribution in [0.25, 0.3) is 5.52 Å². The van der Waals surface area contributed by atoms with Crippen molar-refractivity contribution in [2.24, 2.45) is 5.73 Å². The number of carbonyl (C=O) groups excluding carboxylic acids is 2. The van der Waals surface area contributed by atoms with Gasteiger partial charge in [0.15, 0.2) is 5.82 Å². The monoisotopic (exact) mass is 620 g/mol. The highest BCUT2D eigenvalue weighted by Crippen LogP contribution is 2.64. The fourth-order valence-corrected chi connectivity index (χ4v) is 6.68. The lowest BCUT2D eigenvalue weighted by molar-refractivity contribution is -0.143. The Morgan fingerprint density at radius 3 is 2.58 bits per heavy atom. The van der Waals surface area contributed by atoms with Crippen LogP contribution in [0.5, 0.6) is 5.75 Å². The molecule has 7 atom stereocenters. The molecule has 0 bridgehead atoms. The minimum absolute atomic E-state index is 0.0141. The zero-order chi connectivity index (χ0) is 31.2. The van der Waals surface area contributed by atoms with Crippen LogP contribution in [0.1, 0.15) is 30.7 Å². The van der Waals surface area contributed by atoms with E-state index in [-0.39, 0.29) is 24.4 Å². The molecule has 1 saturated carbocycles. The number of aliphatic hydroxyl groups is 2. The molecule has 1 saturated heterocycles. The van der Waals surface area contributed by atoms with Crippen molar-refractivity contribution in [1.82, 2.24) is 19.7 Å². The Morgan fingerprint density at radius 2 is 1.91 bits per heavy atom. The van der Waals surface area contributed by atoms with Crippen molar-refractivity contribution >= 4 is 31.0 Å². The molecule has 2 aliphatic rings. The molecule has 7 N–H and O–H groups in total. The van der Waals surface area contributed by atoms with Crippen LogP contribution in [0.2, 0.25) is 0 Å². The number of hydrogen-bond acceptors (Lipinski definition) is 14. The van der Waals surface area contributed by atoms with E-state index in [1.807, 2.05) is 0 Å². The highest BCUT2D eigenvalue weighted by atomic mass is 31.2. The highest BCUT2D eigenvalue weighted by Gasteiger charge is 2.80. The molecule has 0 amide bonds. The number of nitrogen functional groups attached to an aromatic ring is 1. The first kappa shape index (κ1) is 30.8. The molecular formula is C26H33N6O10P. The van der Waals surface area contributed by atoms with Crippen molar-refractivity contribution in [3.8, 4) is 5.75 Å². The molecule has 3 aromatic rings. The number of methoxy groups -OCH3 is 2. The van der Waals surface area contributed by atoms with E-state index < -0.39 is 61.8 Å². The van der Waals surface area contributed by atoms with Crippen molar-refractivity contribution in [1.29, 1.82) is 0 Å². The molecule has 3 heterocycles. The number of nitrogens with one attached hydrogen (secondary N) is 1. The van der Waals surface area contributed by atoms with Gasteiger partial charge in [-0.25, -0.2) is 14.1 Å². The Morgan fingerprint density at radius 1 is 1.21 bits per heavy atom. The van der Waals surface area contributed by atoms with E-state index in [4.69, 9.17) is 30.0 Å². The van der Waals surface area contributed by atoms with Crippen molar-refractivity contribution in [3.05, 3.63) is 54.0 Å². The Balaban J connectivity index is 1.33. The molecule has 2 aromatic heterocycles. The molecule has 43 heavy (non-hydrogen) atoms. The van der Waals surface area contributed by atoms with Gasteiger partial charge in [0.2, 0.25) is 0 Å². The van der Waals surface area contributed by atoms with E-state index in [0.717, 1.165) is 0 Å². The van der Waals surface area contributed by atoms with Gasteiger partial charge in [0.1, 0.15) is 53.1 Å². The number of nitrogens with two attached hydrogens (primary N) is 2. The molecule has 5 rings (SSSR count). The quantitative estimate of drug-likeness (QED) is 0.133. The molecule has 1 aliphatic carbocycles. The maximum absolute atomic E-state index is 14.0. The summed E-state index contributed by atoms with van der Waals surface area (Å²) in [5.41, 5.74) is 10.2. The zero-order valence-corrected chi connectivity index (χ0v) is 24.5. The largest absolute Gasteiger partial charge is 0.468 e. The standard InChI is InChI=1S/C26H33N6O10P/c1-14(23(34)38-2)31-43(37,42-16-6-4-15(5-7-16)10-17(27)24(35)39-3)40-12-25-11-26(25,36)21(33)20(41-25)18-8-9-19-22(28)29-13-30-32(18)19/h4-9,13-14,17,20-21,33,36H,10-12,27H2,1-3H3,(H,31,37)(H2,28,29,30)/t14-,17-,20-,21-,25+,26-,43+/m0/s1. The Hall–Kier alpha value is -3.63. The van der Waals surface area contributed by atoms with Gasteiger partial charge in [-0.3, -0.25) is 14.1 Å². The number of anilines is 1. The normalized spacial score (nSPS) is 27.1. The van der Waals surface area contributed by atoms with Gasteiger partial charge >= 0.3 is 19.7 Å². The summed E-state index contributed by atoms with van der Waals surface area (Å²) in [4.78, 5) is 27.7. The number of aromatic nitrogens is 3. The smallest absolute Gasteiger partial charge is 0.459 e. The summed E-state index contributed by atoms with van der Waals surface area (Å²) in [6.45, 7) is 0.938. The zero-order valence-electron chi connectivity index (χ0n) is 23.6. The van der Waals surface area contributed by atoms with E-state index in [9.17, 15) is 24.4 Å². The van der Waals surface area contributed by atoms with Gasteiger partial charge < -0.3 is 40.4 Å². The average Bonchev–Trinajstić information content (AvgIpc) is 3.25. The first-order valence-electron chi connectivity index (χ1n) is 13.2. The number of aliphatic hydroxyl groups excluding tert-OH is 1. The van der Waals surface area contributed by atoms with Gasteiger partial charge in [-0.15, -0.1) is 0 Å². The van der Waals surface area contributed by atoms with Gasteiger partial charge in [0, 0.05) is 6.42 Å². The Labute approximate surface area is 245 Å². The van der Waals surface area contributed by atoms with Crippen molar-refractivity contribution in [2.45, 2.75) is 55.3 Å². The lowest BCUT2D eigenvalue weighted by Crippen LogP contribution is -2.37. The maximum Gasteiger partial charge on any atom is 0.459 e. The lowest BCUT2D eigenvalue weighted by atomic mass is 10.0. The third kappa shape index (κ3) is 5.70. The molecule has 2 fully saturated rings. The minimum Gasteiger partial charge on any atom is -0.468 e. The van der Waals surface area contributed by atoms with Crippen LogP contribution < -0.4 is 21.1 Å². The number of fused-ring (bicyclic) bond motifs is 2. The number of carbonyl (C=O) groups is 2. The second-order valence-electron chi connectivity index (χ2n) is 10.5. The van der Waals surface area contributed by atoms with Crippen molar-refractivity contribution in [3.63, 3.8) is 0 Å². The van der Waals surface area contributed by atoms with Crippen LogP contribution in [0.4, 0.5) is 5.82 Å². The number of benzene rings is 1. The summed E-state index contributed by atoms with van der Waals surface area (Å²) in [6.07, 6.45) is -0.971. The molecule has 16 nitrogen and oxygen atoms in total. The van der Waals surface area contributed by atoms with Crippen LogP contribution in [-0.4, -0.2) is 87.0 Å². The molecule has 1 aromatic carbocycles. The number of hydrogen-bond donors (Lipinski definition) is 5. The van der Waals surface area contributed by atoms with Crippen molar-refractivity contribution in [2.75, 3.05) is 26.6 Å². The van der Waals surface area contributed by atoms with Crippen LogP contribution >= 0.6 is 7.75 Å². The molecule has 0 unspecified atom stereocenters. The van der Waals surface area contributed by atoms with Gasteiger partial charge in [0.05, 0.1) is 26.5 Å². The van der Waals surface area contributed by atoms with Crippen LogP contribution in [0.3, 0.4) is 0 Å². The summed E-state index contributed by atoms with van der Waals surface area (Å²) in [6, 6.07) is 7.53. The second kappa shape index (κ2) is 11.5. The van der Waals surface area contributed by atoms with E-state index in [1.165, 1.54) is 44.1 Å². The average molecular weight is 621 g/mol. The maximum atomic E-state index is 14.0. The molecule has 17 heteroatoms. The third-order valence-corrected chi connectivity index (χ3v) is 9.26. The van der Waals surface area contributed by atoms with Crippen LogP contribution in [0.15, 0.2) is 42.7 Å². The summed E-state index contributed by atoms with van der Waals surface area (Å²) < 4.78 is 42.3. The first-order chi connectivity index (χ1) is 20.3. The number of rotatable bonds is 12. The number of nitrogens with zero attached hydrogens (tertiary/aromatic N) is 3. The fraction of sp³-hybridized carbons (Fsp3) is 0.462. The minimum atomic E-state index is -4.34. The number of esters is 2. The third-order valence-electron chi connectivity index (χ3n) is 7.63. The van der Waals surface area contributed by atoms with E-state index in [1.54, 1.807) is 24.3 Å². The van der Waals surface area contributed by atoms with Crippen molar-refractivity contribution < 1.29 is 47.6 Å². The summed E-state index contributed by atoms with van der Waals surface area (Å²) in [5, 5.41) is 29.0. The molecular weight excluding hydrogens is 587 g/mol. The van der Waals surface area contributed by atoms with Gasteiger partial charge in [0.25, 0.3) is 0 Å². The molecule has 0 spiro atoms. The SMILES string of the molecule is COC(=O)[C@H](C)N[P@@](=O)(OC[C@]12C[C@]1(O)[C@@H](O)[C@H](c1ccc3c(N)ncnn13)O2)Oc1ccc(C[C@H](N)C(=O)OC)cc1. The lowest BCUT2D eigenvalue weighted by Gasteiger charge is -2.25. The predicted octanol–water partition coefficient (Wildman–Crippen LogP) is 0.0149. The topological polar surface area (TPSA) is 232 Å². The summed E-state index contributed by atoms with van der Waals surface area (Å²) in [5.74, 6) is -0.967. The van der Waals surface area contributed by atoms with Crippen LogP contribution in [-0.2, 0) is 39.3 Å². The predicted molar refractivity (Wildman–Crippen MR) is 148 cm³/mol. The molecule has 0 radical (unpaired) electrons. The molecule has 1 aliphatic heterocycles. The fourth-order valence-electron chi connectivity index (χ4n) is 5.15. The van der Waals surface area contributed by atoms with Gasteiger partial charge in [-0.1, -0.05) is 12.1 Å². The van der Waals surface area contributed by atoms with E-state index >= 15 is 0 Å². The van der Waals surface area contributed by atoms with Gasteiger partial charge in [-0.2, -0.15) is 10.2 Å². The van der Waals surface area contributed by atoms with Crippen LogP contribution in [0, 0.1) is 0 Å².